The van der Waals surface area contributed by atoms with Crippen LogP contribution < -0.4 is 19.5 Å². The van der Waals surface area contributed by atoms with Gasteiger partial charge in [0.25, 0.3) is 0 Å². The first-order valence-electron chi connectivity index (χ1n) is 8.36. The minimum Gasteiger partial charge on any atom is -0.493 e. The summed E-state index contributed by atoms with van der Waals surface area (Å²) >= 11 is 0. The second kappa shape index (κ2) is 7.91. The molecule has 1 atom stereocenters. The summed E-state index contributed by atoms with van der Waals surface area (Å²) in [5.41, 5.74) is 1.54. The van der Waals surface area contributed by atoms with Crippen LogP contribution >= 0.6 is 0 Å². The van der Waals surface area contributed by atoms with E-state index in [9.17, 15) is 4.79 Å². The van der Waals surface area contributed by atoms with E-state index >= 15 is 0 Å². The first-order chi connectivity index (χ1) is 12.7. The average molecular weight is 354 g/mol. The molecular weight excluding hydrogens is 332 g/mol. The summed E-state index contributed by atoms with van der Waals surface area (Å²) in [4.78, 5) is 17.5. The van der Waals surface area contributed by atoms with E-state index in [1.165, 1.54) is 21.3 Å². The molecule has 2 aromatic carbocycles. The number of carbonyl (C=O) groups excluding carboxylic acids is 1. The van der Waals surface area contributed by atoms with Crippen molar-refractivity contribution in [1.29, 1.82) is 0 Å². The van der Waals surface area contributed by atoms with Crippen molar-refractivity contribution in [3.8, 4) is 17.2 Å². The molecule has 1 heterocycles. The van der Waals surface area contributed by atoms with Gasteiger partial charge in [-0.1, -0.05) is 30.3 Å². The van der Waals surface area contributed by atoms with E-state index < -0.39 is 0 Å². The molecule has 1 N–H and O–H groups in total. The summed E-state index contributed by atoms with van der Waals surface area (Å²) in [6, 6.07) is 13.2. The number of ketones is 1. The molecule has 0 amide bonds. The molecule has 0 spiro atoms. The molecule has 0 aromatic heterocycles. The molecule has 2 aromatic rings. The molecule has 0 saturated carbocycles. The predicted molar refractivity (Wildman–Crippen MR) is 99.8 cm³/mol. The Labute approximate surface area is 152 Å². The minimum absolute atomic E-state index is 0.00684. The van der Waals surface area contributed by atoms with Gasteiger partial charge in [0.15, 0.2) is 17.3 Å². The minimum atomic E-state index is -0.245. The molecule has 1 unspecified atom stereocenters. The van der Waals surface area contributed by atoms with Crippen LogP contribution in [0.25, 0.3) is 0 Å². The zero-order valence-electron chi connectivity index (χ0n) is 15.1. The maximum Gasteiger partial charge on any atom is 0.203 e. The first-order valence-corrected chi connectivity index (χ1v) is 8.36. The summed E-state index contributed by atoms with van der Waals surface area (Å²) in [5.74, 6) is 1.97. The van der Waals surface area contributed by atoms with Gasteiger partial charge in [0.1, 0.15) is 5.84 Å². The van der Waals surface area contributed by atoms with Gasteiger partial charge in [0.2, 0.25) is 5.75 Å². The van der Waals surface area contributed by atoms with Crippen LogP contribution in [-0.2, 0) is 0 Å². The lowest BCUT2D eigenvalue weighted by Crippen LogP contribution is -2.39. The zero-order valence-corrected chi connectivity index (χ0v) is 15.1. The second-order valence-electron chi connectivity index (χ2n) is 5.91. The van der Waals surface area contributed by atoms with Gasteiger partial charge in [-0.05, 0) is 12.1 Å². The Balaban J connectivity index is 1.81. The Morgan fingerprint density at radius 1 is 1.04 bits per heavy atom. The van der Waals surface area contributed by atoms with Crippen LogP contribution in [0, 0.1) is 5.92 Å². The fourth-order valence-corrected chi connectivity index (χ4v) is 2.97. The number of Topliss-reactive ketones (excluding diaryl/α,β-unsaturated/α-hetero) is 1. The van der Waals surface area contributed by atoms with Crippen molar-refractivity contribution < 1.29 is 19.0 Å². The Morgan fingerprint density at radius 3 is 2.19 bits per heavy atom. The Morgan fingerprint density at radius 2 is 1.69 bits per heavy atom. The lowest BCUT2D eigenvalue weighted by atomic mass is 9.95. The molecular formula is C20H22N2O4. The lowest BCUT2D eigenvalue weighted by molar-refractivity contribution is 0.0923. The van der Waals surface area contributed by atoms with Crippen molar-refractivity contribution in [3.05, 3.63) is 53.6 Å². The molecule has 0 fully saturated rings. The standard InChI is InChI=1S/C20H22N2O4/c1-24-16-9-14(10-17(25-2)19(16)26-3)18(23)15-11-21-20(22-12-15)13-7-5-4-6-8-13/h4-10,15H,11-12H2,1-3H3,(H,21,22). The number of nitrogens with zero attached hydrogens (tertiary/aromatic N) is 1. The molecule has 0 aliphatic carbocycles. The molecule has 1 aliphatic heterocycles. The quantitative estimate of drug-likeness (QED) is 0.808. The molecule has 3 rings (SSSR count). The van der Waals surface area contributed by atoms with E-state index in [1.807, 2.05) is 30.3 Å². The van der Waals surface area contributed by atoms with Gasteiger partial charge in [-0.2, -0.15) is 0 Å². The molecule has 0 saturated heterocycles. The summed E-state index contributed by atoms with van der Waals surface area (Å²) in [6.07, 6.45) is 0. The largest absolute Gasteiger partial charge is 0.493 e. The van der Waals surface area contributed by atoms with Gasteiger partial charge in [0, 0.05) is 17.7 Å². The van der Waals surface area contributed by atoms with Gasteiger partial charge in [-0.15, -0.1) is 0 Å². The lowest BCUT2D eigenvalue weighted by Gasteiger charge is -2.23. The SMILES string of the molecule is COc1cc(C(=O)C2CN=C(c3ccccc3)NC2)cc(OC)c1OC. The van der Waals surface area contributed by atoms with Crippen molar-refractivity contribution >= 4 is 11.6 Å². The molecule has 136 valence electrons. The van der Waals surface area contributed by atoms with E-state index in [-0.39, 0.29) is 11.7 Å². The predicted octanol–water partition coefficient (Wildman–Crippen LogP) is 2.56. The second-order valence-corrected chi connectivity index (χ2v) is 5.91. The zero-order chi connectivity index (χ0) is 18.5. The van der Waals surface area contributed by atoms with E-state index in [4.69, 9.17) is 14.2 Å². The van der Waals surface area contributed by atoms with Crippen LogP contribution in [0.15, 0.2) is 47.5 Å². The highest BCUT2D eigenvalue weighted by Crippen LogP contribution is 2.38. The molecule has 0 radical (unpaired) electrons. The number of carbonyl (C=O) groups is 1. The maximum absolute atomic E-state index is 12.9. The summed E-state index contributed by atoms with van der Waals surface area (Å²) in [7, 11) is 4.60. The summed E-state index contributed by atoms with van der Waals surface area (Å²) in [5, 5.41) is 3.26. The fraction of sp³-hybridized carbons (Fsp3) is 0.300. The Kier molecular flexibility index (Phi) is 5.41. The van der Waals surface area contributed by atoms with E-state index in [2.05, 4.69) is 10.3 Å². The molecule has 6 heteroatoms. The van der Waals surface area contributed by atoms with E-state index in [1.54, 1.807) is 12.1 Å². The van der Waals surface area contributed by atoms with Crippen LogP contribution in [0.3, 0.4) is 0 Å². The highest BCUT2D eigenvalue weighted by molar-refractivity contribution is 6.03. The van der Waals surface area contributed by atoms with Crippen LogP contribution in [0.2, 0.25) is 0 Å². The van der Waals surface area contributed by atoms with Crippen LogP contribution in [0.5, 0.6) is 17.2 Å². The van der Waals surface area contributed by atoms with Crippen molar-refractivity contribution in [2.45, 2.75) is 0 Å². The van der Waals surface area contributed by atoms with Gasteiger partial charge in [0.05, 0.1) is 33.8 Å². The van der Waals surface area contributed by atoms with Gasteiger partial charge >= 0.3 is 0 Å². The average Bonchev–Trinajstić information content (AvgIpc) is 2.72. The molecule has 1 aliphatic rings. The number of methoxy groups -OCH3 is 3. The number of hydrogen-bond donors (Lipinski definition) is 1. The number of nitrogens with one attached hydrogen (secondary N) is 1. The Hall–Kier alpha value is -3.02. The third-order valence-corrected chi connectivity index (χ3v) is 4.35. The van der Waals surface area contributed by atoms with Gasteiger partial charge < -0.3 is 19.5 Å². The van der Waals surface area contributed by atoms with E-state index in [0.717, 1.165) is 11.4 Å². The number of amidine groups is 1. The highest BCUT2D eigenvalue weighted by atomic mass is 16.5. The molecule has 0 bridgehead atoms. The third-order valence-electron chi connectivity index (χ3n) is 4.35. The smallest absolute Gasteiger partial charge is 0.203 e. The fourth-order valence-electron chi connectivity index (χ4n) is 2.97. The first kappa shape index (κ1) is 17.8. The molecule has 26 heavy (non-hydrogen) atoms. The number of aliphatic imine (C=N–C) groups is 1. The van der Waals surface area contributed by atoms with Crippen molar-refractivity contribution in [2.24, 2.45) is 10.9 Å². The van der Waals surface area contributed by atoms with Gasteiger partial charge in [-0.3, -0.25) is 9.79 Å². The van der Waals surface area contributed by atoms with Gasteiger partial charge in [-0.25, -0.2) is 0 Å². The Bertz CT molecular complexity index is 793. The van der Waals surface area contributed by atoms with Crippen LogP contribution in [-0.4, -0.2) is 46.0 Å². The number of ether oxygens (including phenoxy) is 3. The van der Waals surface area contributed by atoms with Crippen molar-refractivity contribution in [3.63, 3.8) is 0 Å². The highest BCUT2D eigenvalue weighted by Gasteiger charge is 2.26. The topological polar surface area (TPSA) is 69.2 Å². The molecule has 6 nitrogen and oxygen atoms in total. The number of rotatable bonds is 6. The summed E-state index contributed by atoms with van der Waals surface area (Å²) in [6.45, 7) is 0.968. The normalized spacial score (nSPS) is 16.3. The number of hydrogen-bond acceptors (Lipinski definition) is 6. The van der Waals surface area contributed by atoms with Crippen molar-refractivity contribution in [2.75, 3.05) is 34.4 Å². The number of benzene rings is 2. The monoisotopic (exact) mass is 354 g/mol. The maximum atomic E-state index is 12.9. The van der Waals surface area contributed by atoms with E-state index in [0.29, 0.717) is 35.9 Å². The van der Waals surface area contributed by atoms with Crippen LogP contribution in [0.1, 0.15) is 15.9 Å². The van der Waals surface area contributed by atoms with Crippen LogP contribution in [0.4, 0.5) is 0 Å². The third kappa shape index (κ3) is 3.49. The summed E-state index contributed by atoms with van der Waals surface area (Å²) < 4.78 is 16.0. The van der Waals surface area contributed by atoms with Crippen molar-refractivity contribution in [1.82, 2.24) is 5.32 Å².